The molecule has 0 N–H and O–H groups in total. The molecule has 3 atom stereocenters. The van der Waals surface area contributed by atoms with Crippen molar-refractivity contribution in [1.82, 2.24) is 4.98 Å². The van der Waals surface area contributed by atoms with Crippen LogP contribution in [0.5, 0.6) is 5.75 Å². The lowest BCUT2D eigenvalue weighted by Gasteiger charge is -2.53. The summed E-state index contributed by atoms with van der Waals surface area (Å²) in [6.07, 6.45) is 6.51. The van der Waals surface area contributed by atoms with E-state index in [-0.39, 0.29) is 23.1 Å². The predicted molar refractivity (Wildman–Crippen MR) is 109 cm³/mol. The lowest BCUT2D eigenvalue weighted by molar-refractivity contribution is -0.160. The molecule has 0 saturated heterocycles. The minimum Gasteiger partial charge on any atom is -0.489 e. The molecular formula is C24H27NO4. The molecule has 0 unspecified atom stereocenters. The minimum absolute atomic E-state index is 0.0789. The van der Waals surface area contributed by atoms with Crippen LogP contribution >= 0.6 is 0 Å². The van der Waals surface area contributed by atoms with E-state index >= 15 is 0 Å². The van der Waals surface area contributed by atoms with Gasteiger partial charge < -0.3 is 9.47 Å². The normalized spacial score (nSPS) is 28.2. The molecule has 5 nitrogen and oxygen atoms in total. The summed E-state index contributed by atoms with van der Waals surface area (Å²) < 4.78 is 11.1. The number of pyridine rings is 1. The Morgan fingerprint density at radius 1 is 1.24 bits per heavy atom. The molecule has 0 aliphatic heterocycles. The van der Waals surface area contributed by atoms with E-state index in [1.807, 2.05) is 37.3 Å². The Hall–Kier alpha value is -2.69. The highest BCUT2D eigenvalue weighted by Crippen LogP contribution is 2.57. The third-order valence-electron chi connectivity index (χ3n) is 7.01. The van der Waals surface area contributed by atoms with E-state index in [0.717, 1.165) is 41.7 Å². The molecule has 1 aromatic heterocycles. The maximum Gasteiger partial charge on any atom is 0.311 e. The average molecular weight is 393 g/mol. The van der Waals surface area contributed by atoms with Crippen molar-refractivity contribution in [3.63, 3.8) is 0 Å². The molecule has 2 aromatic rings. The van der Waals surface area contributed by atoms with Crippen LogP contribution < -0.4 is 4.74 Å². The van der Waals surface area contributed by atoms with Gasteiger partial charge in [0.25, 0.3) is 0 Å². The molecule has 1 aromatic carbocycles. The van der Waals surface area contributed by atoms with E-state index < -0.39 is 5.41 Å². The van der Waals surface area contributed by atoms with Gasteiger partial charge in [0.05, 0.1) is 12.5 Å². The van der Waals surface area contributed by atoms with Crippen molar-refractivity contribution in [3.8, 4) is 5.75 Å². The quantitative estimate of drug-likeness (QED) is 0.717. The fourth-order valence-electron chi connectivity index (χ4n) is 5.40. The van der Waals surface area contributed by atoms with E-state index in [9.17, 15) is 9.59 Å². The van der Waals surface area contributed by atoms with Crippen LogP contribution in [0.2, 0.25) is 0 Å². The zero-order chi connectivity index (χ0) is 20.6. The molecule has 0 bridgehead atoms. The van der Waals surface area contributed by atoms with Gasteiger partial charge in [-0.3, -0.25) is 14.6 Å². The van der Waals surface area contributed by atoms with Crippen molar-refractivity contribution >= 4 is 11.8 Å². The number of carbonyl (C=O) groups excluding carboxylic acids is 2. The molecule has 1 fully saturated rings. The number of hydrogen-bond donors (Lipinski definition) is 0. The van der Waals surface area contributed by atoms with Crippen molar-refractivity contribution in [3.05, 3.63) is 59.4 Å². The second kappa shape index (κ2) is 7.29. The smallest absolute Gasteiger partial charge is 0.311 e. The summed E-state index contributed by atoms with van der Waals surface area (Å²) >= 11 is 0. The van der Waals surface area contributed by atoms with Crippen LogP contribution in [0, 0.1) is 11.3 Å². The van der Waals surface area contributed by atoms with Gasteiger partial charge in [0, 0.05) is 29.9 Å². The Kier molecular flexibility index (Phi) is 4.93. The van der Waals surface area contributed by atoms with Gasteiger partial charge in [-0.25, -0.2) is 0 Å². The third-order valence-corrected chi connectivity index (χ3v) is 7.01. The van der Waals surface area contributed by atoms with E-state index in [1.54, 1.807) is 12.4 Å². The number of ketones is 1. The largest absolute Gasteiger partial charge is 0.489 e. The van der Waals surface area contributed by atoms with Gasteiger partial charge in [-0.2, -0.15) is 0 Å². The van der Waals surface area contributed by atoms with Gasteiger partial charge in [0.2, 0.25) is 0 Å². The lowest BCUT2D eigenvalue weighted by Crippen LogP contribution is -2.53. The first-order chi connectivity index (χ1) is 13.9. The second-order valence-corrected chi connectivity index (χ2v) is 8.72. The zero-order valence-electron chi connectivity index (χ0n) is 17.2. The molecular weight excluding hydrogens is 366 g/mol. The molecule has 4 rings (SSSR count). The summed E-state index contributed by atoms with van der Waals surface area (Å²) in [5.74, 6) is 0.532. The molecule has 29 heavy (non-hydrogen) atoms. The van der Waals surface area contributed by atoms with Crippen LogP contribution in [0.25, 0.3) is 0 Å². The van der Waals surface area contributed by atoms with Gasteiger partial charge in [0.1, 0.15) is 12.4 Å². The predicted octanol–water partition coefficient (Wildman–Crippen LogP) is 4.48. The zero-order valence-corrected chi connectivity index (χ0v) is 17.2. The van der Waals surface area contributed by atoms with E-state index in [0.29, 0.717) is 13.0 Å². The van der Waals surface area contributed by atoms with Crippen molar-refractivity contribution in [2.75, 3.05) is 7.11 Å². The number of benzene rings is 1. The first-order valence-electron chi connectivity index (χ1n) is 10.2. The van der Waals surface area contributed by atoms with Crippen molar-refractivity contribution in [2.24, 2.45) is 11.3 Å². The van der Waals surface area contributed by atoms with Crippen LogP contribution in [0.15, 0.2) is 42.7 Å². The molecule has 0 spiro atoms. The first-order valence-corrected chi connectivity index (χ1v) is 10.2. The molecule has 1 heterocycles. The van der Waals surface area contributed by atoms with E-state index in [4.69, 9.17) is 9.47 Å². The number of aromatic nitrogens is 1. The van der Waals surface area contributed by atoms with Crippen LogP contribution in [0.1, 0.15) is 61.0 Å². The molecule has 2 aliphatic rings. The topological polar surface area (TPSA) is 65.5 Å². The highest BCUT2D eigenvalue weighted by atomic mass is 16.5. The first kappa shape index (κ1) is 19.6. The SMILES string of the molecule is COC(=O)[C@@]1(C)CCC[C@]2(C)c3cc(OCc4cccnc4)ccc3C(=O)C[C@@H]12. The number of hydrogen-bond acceptors (Lipinski definition) is 5. The Morgan fingerprint density at radius 2 is 2.07 bits per heavy atom. The third kappa shape index (κ3) is 3.22. The number of esters is 1. The van der Waals surface area contributed by atoms with Gasteiger partial charge >= 0.3 is 5.97 Å². The van der Waals surface area contributed by atoms with Crippen LogP contribution in [-0.4, -0.2) is 23.8 Å². The lowest BCUT2D eigenvalue weighted by atomic mass is 9.49. The standard InChI is InChI=1S/C24H27NO4/c1-23-9-5-10-24(2,22(27)28-3)21(23)13-20(26)18-8-7-17(12-19(18)23)29-15-16-6-4-11-25-14-16/h4,6-8,11-12,14,21H,5,9-10,13,15H2,1-3H3/t21-,23-,24+/m1/s1. The Balaban J connectivity index is 1.69. The number of carbonyl (C=O) groups is 2. The van der Waals surface area contributed by atoms with Gasteiger partial charge in [-0.05, 0) is 60.9 Å². The van der Waals surface area contributed by atoms with Gasteiger partial charge in [0.15, 0.2) is 5.78 Å². The van der Waals surface area contributed by atoms with Crippen molar-refractivity contribution in [2.45, 2.75) is 51.6 Å². The molecule has 5 heteroatoms. The second-order valence-electron chi connectivity index (χ2n) is 8.72. The Bertz CT molecular complexity index is 941. The Morgan fingerprint density at radius 3 is 2.79 bits per heavy atom. The number of methoxy groups -OCH3 is 1. The van der Waals surface area contributed by atoms with Crippen LogP contribution in [0.4, 0.5) is 0 Å². The summed E-state index contributed by atoms with van der Waals surface area (Å²) in [6, 6.07) is 9.58. The molecule has 152 valence electrons. The monoisotopic (exact) mass is 393 g/mol. The number of rotatable bonds is 4. The molecule has 2 aliphatic carbocycles. The number of Topliss-reactive ketones (excluding diaryl/α,β-unsaturated/α-hetero) is 1. The minimum atomic E-state index is -0.651. The summed E-state index contributed by atoms with van der Waals surface area (Å²) in [6.45, 7) is 4.57. The van der Waals surface area contributed by atoms with E-state index in [1.165, 1.54) is 7.11 Å². The Labute approximate surface area is 171 Å². The van der Waals surface area contributed by atoms with Crippen molar-refractivity contribution < 1.29 is 19.1 Å². The summed E-state index contributed by atoms with van der Waals surface area (Å²) in [5.41, 5.74) is 1.82. The molecule has 0 amide bonds. The fourth-order valence-corrected chi connectivity index (χ4v) is 5.40. The average Bonchev–Trinajstić information content (AvgIpc) is 2.74. The summed E-state index contributed by atoms with van der Waals surface area (Å²) in [5, 5.41) is 0. The molecule has 1 saturated carbocycles. The number of ether oxygens (including phenoxy) is 2. The fraction of sp³-hybridized carbons (Fsp3) is 0.458. The number of fused-ring (bicyclic) bond motifs is 3. The highest BCUT2D eigenvalue weighted by molar-refractivity contribution is 6.00. The highest BCUT2D eigenvalue weighted by Gasteiger charge is 2.57. The van der Waals surface area contributed by atoms with Gasteiger partial charge in [-0.15, -0.1) is 0 Å². The summed E-state index contributed by atoms with van der Waals surface area (Å²) in [4.78, 5) is 29.8. The number of nitrogens with zero attached hydrogens (tertiary/aromatic N) is 1. The van der Waals surface area contributed by atoms with Crippen LogP contribution in [0.3, 0.4) is 0 Å². The maximum atomic E-state index is 13.0. The molecule has 0 radical (unpaired) electrons. The maximum absolute atomic E-state index is 13.0. The summed E-state index contributed by atoms with van der Waals surface area (Å²) in [7, 11) is 1.43. The van der Waals surface area contributed by atoms with Crippen LogP contribution in [-0.2, 0) is 21.6 Å². The van der Waals surface area contributed by atoms with E-state index in [2.05, 4.69) is 11.9 Å². The van der Waals surface area contributed by atoms with Crippen molar-refractivity contribution in [1.29, 1.82) is 0 Å². The van der Waals surface area contributed by atoms with Gasteiger partial charge in [-0.1, -0.05) is 19.4 Å².